The summed E-state index contributed by atoms with van der Waals surface area (Å²) in [6.07, 6.45) is 0.798. The number of methoxy groups -OCH3 is 3. The van der Waals surface area contributed by atoms with Crippen LogP contribution in [0.2, 0.25) is 0 Å². The van der Waals surface area contributed by atoms with Crippen LogP contribution in [-0.4, -0.2) is 53.5 Å². The van der Waals surface area contributed by atoms with E-state index in [2.05, 4.69) is 15.6 Å². The van der Waals surface area contributed by atoms with Crippen LogP contribution in [0, 0.1) is 11.6 Å². The summed E-state index contributed by atoms with van der Waals surface area (Å²) in [6, 6.07) is 7.31. The largest absolute Gasteiger partial charge is 0.496 e. The van der Waals surface area contributed by atoms with Gasteiger partial charge in [0, 0.05) is 44.4 Å². The monoisotopic (exact) mass is 434 g/mol. The van der Waals surface area contributed by atoms with E-state index in [0.717, 1.165) is 18.1 Å². The molecule has 3 rings (SSSR count). The molecule has 1 heterocycles. The quantitative estimate of drug-likeness (QED) is 0.516. The van der Waals surface area contributed by atoms with E-state index in [4.69, 9.17) is 14.2 Å². The second-order valence-electron chi connectivity index (χ2n) is 7.11. The topological polar surface area (TPSA) is 67.4 Å². The van der Waals surface area contributed by atoms with Gasteiger partial charge in [0.2, 0.25) is 0 Å². The summed E-state index contributed by atoms with van der Waals surface area (Å²) >= 11 is 0. The van der Waals surface area contributed by atoms with Gasteiger partial charge in [0.25, 0.3) is 0 Å². The third kappa shape index (κ3) is 5.28. The van der Waals surface area contributed by atoms with Crippen LogP contribution in [0.5, 0.6) is 17.2 Å². The first-order valence-corrected chi connectivity index (χ1v) is 9.95. The van der Waals surface area contributed by atoms with Crippen molar-refractivity contribution in [2.75, 3.05) is 46.4 Å². The predicted molar refractivity (Wildman–Crippen MR) is 116 cm³/mol. The Labute approximate surface area is 181 Å². The molecule has 0 aliphatic carbocycles. The lowest BCUT2D eigenvalue weighted by atomic mass is 10.1. The molecule has 1 unspecified atom stereocenters. The molecule has 1 atom stereocenters. The van der Waals surface area contributed by atoms with Crippen molar-refractivity contribution >= 4 is 11.6 Å². The lowest BCUT2D eigenvalue weighted by Gasteiger charge is -2.21. The minimum absolute atomic E-state index is 0.0651. The molecule has 0 radical (unpaired) electrons. The van der Waals surface area contributed by atoms with Crippen LogP contribution in [0.15, 0.2) is 35.3 Å². The number of aliphatic imine (C=N–C) groups is 1. The van der Waals surface area contributed by atoms with Crippen molar-refractivity contribution in [3.05, 3.63) is 47.5 Å². The summed E-state index contributed by atoms with van der Waals surface area (Å²) in [7, 11) is 6.45. The van der Waals surface area contributed by atoms with Gasteiger partial charge in [0.15, 0.2) is 5.96 Å². The van der Waals surface area contributed by atoms with Gasteiger partial charge in [0.1, 0.15) is 28.9 Å². The van der Waals surface area contributed by atoms with E-state index in [1.54, 1.807) is 40.5 Å². The van der Waals surface area contributed by atoms with Crippen LogP contribution in [0.4, 0.5) is 14.5 Å². The highest BCUT2D eigenvalue weighted by Gasteiger charge is 2.25. The molecule has 168 valence electrons. The van der Waals surface area contributed by atoms with Crippen molar-refractivity contribution in [3.63, 3.8) is 0 Å². The number of halogens is 2. The molecule has 0 bridgehead atoms. The van der Waals surface area contributed by atoms with Crippen molar-refractivity contribution in [2.45, 2.75) is 19.0 Å². The standard InChI is InChI=1S/C22H28F2N4O3/c1-25-22(26-12-17-20(30-3)10-16(29-2)11-21(17)31-4)27-15-7-8-28(13-15)19-6-5-14(23)9-18(19)24/h5-6,9-11,15H,7-8,12-13H2,1-4H3,(H2,25,26,27). The highest BCUT2D eigenvalue weighted by Crippen LogP contribution is 2.34. The van der Waals surface area contributed by atoms with E-state index in [1.807, 2.05) is 4.90 Å². The summed E-state index contributed by atoms with van der Waals surface area (Å²) in [5.74, 6) is 1.38. The Morgan fingerprint density at radius 3 is 2.39 bits per heavy atom. The number of nitrogens with one attached hydrogen (secondary N) is 2. The molecule has 1 aliphatic heterocycles. The molecule has 0 amide bonds. The first-order chi connectivity index (χ1) is 15.0. The number of benzene rings is 2. The zero-order valence-corrected chi connectivity index (χ0v) is 18.2. The van der Waals surface area contributed by atoms with Crippen molar-refractivity contribution in [2.24, 2.45) is 4.99 Å². The Bertz CT molecular complexity index is 914. The Morgan fingerprint density at radius 2 is 1.81 bits per heavy atom. The third-order valence-electron chi connectivity index (χ3n) is 5.25. The van der Waals surface area contributed by atoms with Crippen LogP contribution in [0.25, 0.3) is 0 Å². The highest BCUT2D eigenvalue weighted by atomic mass is 19.1. The fourth-order valence-electron chi connectivity index (χ4n) is 3.65. The lowest BCUT2D eigenvalue weighted by molar-refractivity contribution is 0.368. The van der Waals surface area contributed by atoms with E-state index in [0.29, 0.717) is 48.5 Å². The second-order valence-corrected chi connectivity index (χ2v) is 7.11. The van der Waals surface area contributed by atoms with Crippen molar-refractivity contribution < 1.29 is 23.0 Å². The number of hydrogen-bond donors (Lipinski definition) is 2. The van der Waals surface area contributed by atoms with Gasteiger partial charge in [-0.1, -0.05) is 0 Å². The fraction of sp³-hybridized carbons (Fsp3) is 0.409. The number of anilines is 1. The van der Waals surface area contributed by atoms with E-state index in [9.17, 15) is 8.78 Å². The lowest BCUT2D eigenvalue weighted by Crippen LogP contribution is -2.44. The molecule has 1 fully saturated rings. The summed E-state index contributed by atoms with van der Waals surface area (Å²) in [6.45, 7) is 1.66. The first-order valence-electron chi connectivity index (χ1n) is 9.95. The van der Waals surface area contributed by atoms with Crippen LogP contribution >= 0.6 is 0 Å². The molecule has 0 spiro atoms. The van der Waals surface area contributed by atoms with Crippen molar-refractivity contribution in [3.8, 4) is 17.2 Å². The summed E-state index contributed by atoms with van der Waals surface area (Å²) in [5.41, 5.74) is 1.23. The summed E-state index contributed by atoms with van der Waals surface area (Å²) < 4.78 is 43.5. The van der Waals surface area contributed by atoms with Gasteiger partial charge in [0.05, 0.1) is 39.1 Å². The van der Waals surface area contributed by atoms with Crippen LogP contribution in [0.3, 0.4) is 0 Å². The minimum Gasteiger partial charge on any atom is -0.496 e. The fourth-order valence-corrected chi connectivity index (χ4v) is 3.65. The number of rotatable bonds is 7. The molecule has 9 heteroatoms. The maximum atomic E-state index is 14.1. The molecular weight excluding hydrogens is 406 g/mol. The Balaban J connectivity index is 1.63. The molecule has 7 nitrogen and oxygen atoms in total. The van der Waals surface area contributed by atoms with Gasteiger partial charge in [-0.05, 0) is 18.6 Å². The SMILES string of the molecule is CN=C(NCc1c(OC)cc(OC)cc1OC)NC1CCN(c2ccc(F)cc2F)C1. The maximum absolute atomic E-state index is 14.1. The van der Waals surface area contributed by atoms with Gasteiger partial charge in [-0.25, -0.2) is 8.78 Å². The molecule has 2 N–H and O–H groups in total. The van der Waals surface area contributed by atoms with E-state index < -0.39 is 11.6 Å². The molecule has 1 aliphatic rings. The summed E-state index contributed by atoms with van der Waals surface area (Å²) in [4.78, 5) is 6.18. The Kier molecular flexibility index (Phi) is 7.38. The van der Waals surface area contributed by atoms with E-state index in [1.165, 1.54) is 12.1 Å². The second kappa shape index (κ2) is 10.2. The molecule has 0 aromatic heterocycles. The van der Waals surface area contributed by atoms with Gasteiger partial charge in [-0.3, -0.25) is 4.99 Å². The molecule has 2 aromatic rings. The van der Waals surface area contributed by atoms with Crippen molar-refractivity contribution in [1.29, 1.82) is 0 Å². The number of nitrogens with zero attached hydrogens (tertiary/aromatic N) is 2. The average molecular weight is 434 g/mol. The van der Waals surface area contributed by atoms with Gasteiger partial charge in [-0.2, -0.15) is 0 Å². The summed E-state index contributed by atoms with van der Waals surface area (Å²) in [5, 5.41) is 6.63. The zero-order valence-electron chi connectivity index (χ0n) is 18.2. The normalized spacial score (nSPS) is 16.3. The number of guanidine groups is 1. The maximum Gasteiger partial charge on any atom is 0.191 e. The number of hydrogen-bond acceptors (Lipinski definition) is 5. The van der Waals surface area contributed by atoms with Crippen molar-refractivity contribution in [1.82, 2.24) is 10.6 Å². The highest BCUT2D eigenvalue weighted by molar-refractivity contribution is 5.80. The molecule has 1 saturated heterocycles. The van der Waals surface area contributed by atoms with E-state index >= 15 is 0 Å². The zero-order chi connectivity index (χ0) is 22.4. The van der Waals surface area contributed by atoms with Crippen LogP contribution in [-0.2, 0) is 6.54 Å². The molecule has 31 heavy (non-hydrogen) atoms. The third-order valence-corrected chi connectivity index (χ3v) is 5.25. The first kappa shape index (κ1) is 22.5. The molecule has 2 aromatic carbocycles. The Morgan fingerprint density at radius 1 is 1.10 bits per heavy atom. The minimum atomic E-state index is -0.580. The van der Waals surface area contributed by atoms with Gasteiger partial charge in [-0.15, -0.1) is 0 Å². The molecule has 0 saturated carbocycles. The number of ether oxygens (including phenoxy) is 3. The Hall–Kier alpha value is -3.23. The van der Waals surface area contributed by atoms with Gasteiger partial charge >= 0.3 is 0 Å². The van der Waals surface area contributed by atoms with E-state index in [-0.39, 0.29) is 6.04 Å². The van der Waals surface area contributed by atoms with Gasteiger partial charge < -0.3 is 29.7 Å². The van der Waals surface area contributed by atoms with Crippen LogP contribution < -0.4 is 29.7 Å². The molecular formula is C22H28F2N4O3. The predicted octanol–water partition coefficient (Wildman–Crippen LogP) is 2.93. The smallest absolute Gasteiger partial charge is 0.191 e. The van der Waals surface area contributed by atoms with Crippen LogP contribution in [0.1, 0.15) is 12.0 Å². The average Bonchev–Trinajstić information content (AvgIpc) is 3.24.